The second kappa shape index (κ2) is 13.5. The zero-order chi connectivity index (χ0) is 40.8. The van der Waals surface area contributed by atoms with E-state index in [9.17, 15) is 5.26 Å². The number of nitrogens with zero attached hydrogens (tertiary/aromatic N) is 4. The van der Waals surface area contributed by atoms with Gasteiger partial charge in [-0.15, -0.1) is 5.10 Å². The fraction of sp³-hybridized carbons (Fsp3) is 0.125. The number of rotatable bonds is 5. The second-order valence-corrected chi connectivity index (χ2v) is 17.2. The lowest BCUT2D eigenvalue weighted by atomic mass is 9.79. The van der Waals surface area contributed by atoms with Crippen molar-refractivity contribution in [3.05, 3.63) is 197 Å². The molecule has 3 aliphatic rings. The van der Waals surface area contributed by atoms with Gasteiger partial charge in [-0.25, -0.2) is 9.50 Å². The largest absolute Gasteiger partial charge is 0.456 e. The summed E-state index contributed by atoms with van der Waals surface area (Å²) in [5.74, 6) is 1.89. The molecule has 3 heterocycles. The minimum absolute atomic E-state index is 0.202. The number of furan rings is 1. The maximum atomic E-state index is 9.62. The summed E-state index contributed by atoms with van der Waals surface area (Å²) in [4.78, 5) is 5.26. The predicted molar refractivity (Wildman–Crippen MR) is 246 cm³/mol. The minimum atomic E-state index is -0.202. The molecule has 0 saturated heterocycles. The van der Waals surface area contributed by atoms with Crippen molar-refractivity contribution in [2.45, 2.75) is 44.4 Å². The highest BCUT2D eigenvalue weighted by Gasteiger charge is 2.36. The third-order valence-electron chi connectivity index (χ3n) is 13.4. The Morgan fingerprint density at radius 3 is 2.25 bits per heavy atom. The number of benzene rings is 6. The van der Waals surface area contributed by atoms with Crippen LogP contribution in [0.3, 0.4) is 0 Å². The normalized spacial score (nSPS) is 15.7. The summed E-state index contributed by atoms with van der Waals surface area (Å²) in [6.07, 6.45) is 14.0. The summed E-state index contributed by atoms with van der Waals surface area (Å²) >= 11 is 0. The highest BCUT2D eigenvalue weighted by molar-refractivity contribution is 5.92. The van der Waals surface area contributed by atoms with Crippen LogP contribution >= 0.6 is 0 Å². The summed E-state index contributed by atoms with van der Waals surface area (Å²) in [5, 5.41) is 16.0. The van der Waals surface area contributed by atoms with Crippen LogP contribution in [0, 0.1) is 11.3 Å². The molecule has 5 heteroatoms. The van der Waals surface area contributed by atoms with Crippen LogP contribution in [0.1, 0.15) is 70.9 Å². The molecule has 61 heavy (non-hydrogen) atoms. The Morgan fingerprint density at radius 1 is 0.689 bits per heavy atom. The van der Waals surface area contributed by atoms with Gasteiger partial charge in [0, 0.05) is 45.2 Å². The fourth-order valence-electron chi connectivity index (χ4n) is 10.2. The Balaban J connectivity index is 0.902. The van der Waals surface area contributed by atoms with Crippen molar-refractivity contribution in [1.29, 1.82) is 5.26 Å². The summed E-state index contributed by atoms with van der Waals surface area (Å²) < 4.78 is 8.45. The number of allylic oxidation sites excluding steroid dienone is 2. The van der Waals surface area contributed by atoms with Crippen molar-refractivity contribution in [3.8, 4) is 62.0 Å². The third kappa shape index (κ3) is 5.60. The Bertz CT molecular complexity index is 3370. The molecule has 3 aliphatic carbocycles. The molecular formula is C56H40N4O. The lowest BCUT2D eigenvalue weighted by molar-refractivity contribution is 0.591. The summed E-state index contributed by atoms with van der Waals surface area (Å²) in [5.41, 5.74) is 20.3. The fourth-order valence-corrected chi connectivity index (χ4v) is 10.2. The van der Waals surface area contributed by atoms with Crippen LogP contribution in [0.2, 0.25) is 0 Å². The molecule has 290 valence electrons. The molecule has 0 spiro atoms. The average Bonchev–Trinajstić information content (AvgIpc) is 3.98. The van der Waals surface area contributed by atoms with Gasteiger partial charge >= 0.3 is 0 Å². The number of hydrogen-bond acceptors (Lipinski definition) is 4. The first-order chi connectivity index (χ1) is 29.9. The van der Waals surface area contributed by atoms with Gasteiger partial charge in [0.25, 0.3) is 0 Å². The van der Waals surface area contributed by atoms with E-state index < -0.39 is 0 Å². The van der Waals surface area contributed by atoms with Crippen LogP contribution in [-0.4, -0.2) is 14.6 Å². The van der Waals surface area contributed by atoms with Crippen LogP contribution in [0.4, 0.5) is 0 Å². The summed E-state index contributed by atoms with van der Waals surface area (Å²) in [6, 6.07) is 49.7. The molecule has 1 unspecified atom stereocenters. The first-order valence-corrected chi connectivity index (χ1v) is 21.2. The lowest BCUT2D eigenvalue weighted by Crippen LogP contribution is -2.15. The van der Waals surface area contributed by atoms with Gasteiger partial charge in [0.15, 0.2) is 11.5 Å². The van der Waals surface area contributed by atoms with Crippen LogP contribution in [-0.2, 0) is 18.3 Å². The Morgan fingerprint density at radius 2 is 1.43 bits per heavy atom. The van der Waals surface area contributed by atoms with Gasteiger partial charge in [0.05, 0.1) is 11.6 Å². The van der Waals surface area contributed by atoms with Gasteiger partial charge in [-0.2, -0.15) is 5.26 Å². The Labute approximate surface area is 354 Å². The average molecular weight is 785 g/mol. The zero-order valence-electron chi connectivity index (χ0n) is 34.0. The minimum Gasteiger partial charge on any atom is -0.456 e. The number of aromatic nitrogens is 3. The SMILES string of the molecule is CC1(C)c2cc(C#N)ccc2-c2ccc(-c3ccc4oc5c(c4c3)CC(c3ccc(-c4nc6c(-c7ccccc7)cc(-c7ccccc7)cn6n4)c4c3CCC=C4)C=C5)cc21. The van der Waals surface area contributed by atoms with Gasteiger partial charge < -0.3 is 4.42 Å². The molecule has 0 fully saturated rings. The maximum absolute atomic E-state index is 9.62. The van der Waals surface area contributed by atoms with Gasteiger partial charge in [0.2, 0.25) is 0 Å². The molecule has 0 bridgehead atoms. The van der Waals surface area contributed by atoms with E-state index in [2.05, 4.69) is 172 Å². The van der Waals surface area contributed by atoms with Gasteiger partial charge in [-0.05, 0) is 123 Å². The van der Waals surface area contributed by atoms with E-state index in [0.717, 1.165) is 69.9 Å². The van der Waals surface area contributed by atoms with E-state index in [1.165, 1.54) is 61.0 Å². The number of nitriles is 1. The van der Waals surface area contributed by atoms with Crippen molar-refractivity contribution >= 4 is 28.8 Å². The highest BCUT2D eigenvalue weighted by atomic mass is 16.3. The standard InChI is InChI=1S/C56H40N4O/c1-56(2)50-27-34(32-57)17-21-44(50)45-22-18-38(31-51(45)56)37-19-25-52-48(28-37)49-29-39(20-26-53(49)61-52)41-23-24-46(43-16-10-9-15-42(41)43)54-58-55-47(36-13-7-4-8-14-36)30-40(33-60(55)59-54)35-11-5-3-6-12-35/h3-8,10-14,16-28,30-31,33,39H,9,15,29H2,1-2H3. The van der Waals surface area contributed by atoms with Crippen LogP contribution in [0.25, 0.3) is 84.7 Å². The van der Waals surface area contributed by atoms with Crippen LogP contribution in [0.5, 0.6) is 0 Å². The van der Waals surface area contributed by atoms with E-state index in [1.807, 2.05) is 16.6 Å². The molecule has 12 rings (SSSR count). The van der Waals surface area contributed by atoms with E-state index in [0.29, 0.717) is 5.56 Å². The van der Waals surface area contributed by atoms with E-state index in [-0.39, 0.29) is 11.3 Å². The molecule has 0 saturated carbocycles. The van der Waals surface area contributed by atoms with Crippen molar-refractivity contribution in [1.82, 2.24) is 14.6 Å². The molecule has 0 aliphatic heterocycles. The maximum Gasteiger partial charge on any atom is 0.182 e. The molecule has 9 aromatic rings. The van der Waals surface area contributed by atoms with Crippen molar-refractivity contribution in [3.63, 3.8) is 0 Å². The number of hydrogen-bond donors (Lipinski definition) is 0. The Hall–Kier alpha value is -7.55. The van der Waals surface area contributed by atoms with Gasteiger partial charge in [0.1, 0.15) is 11.3 Å². The quantitative estimate of drug-likeness (QED) is 0.174. The summed E-state index contributed by atoms with van der Waals surface area (Å²) in [7, 11) is 0. The number of pyridine rings is 1. The second-order valence-electron chi connectivity index (χ2n) is 17.2. The molecule has 0 radical (unpaired) electrons. The molecule has 3 aromatic heterocycles. The molecule has 6 aromatic carbocycles. The zero-order valence-corrected chi connectivity index (χ0v) is 34.0. The summed E-state index contributed by atoms with van der Waals surface area (Å²) in [6.45, 7) is 4.53. The topological polar surface area (TPSA) is 67.1 Å². The first kappa shape index (κ1) is 35.4. The van der Waals surface area contributed by atoms with Crippen LogP contribution in [0.15, 0.2) is 156 Å². The highest BCUT2D eigenvalue weighted by Crippen LogP contribution is 2.50. The first-order valence-electron chi connectivity index (χ1n) is 21.2. The number of fused-ring (bicyclic) bond motifs is 8. The van der Waals surface area contributed by atoms with E-state index >= 15 is 0 Å². The van der Waals surface area contributed by atoms with E-state index in [4.69, 9.17) is 14.5 Å². The van der Waals surface area contributed by atoms with Gasteiger partial charge in [-0.1, -0.05) is 129 Å². The van der Waals surface area contributed by atoms with Crippen molar-refractivity contribution in [2.24, 2.45) is 0 Å². The predicted octanol–water partition coefficient (Wildman–Crippen LogP) is 13.6. The molecule has 0 amide bonds. The van der Waals surface area contributed by atoms with E-state index in [1.54, 1.807) is 0 Å². The van der Waals surface area contributed by atoms with Crippen molar-refractivity contribution < 1.29 is 4.42 Å². The molecule has 5 nitrogen and oxygen atoms in total. The lowest BCUT2D eigenvalue weighted by Gasteiger charge is -2.24. The monoisotopic (exact) mass is 784 g/mol. The van der Waals surface area contributed by atoms with Gasteiger partial charge in [-0.3, -0.25) is 0 Å². The third-order valence-corrected chi connectivity index (χ3v) is 13.4. The molecule has 0 N–H and O–H groups in total. The smallest absolute Gasteiger partial charge is 0.182 e. The molecular weight excluding hydrogens is 745 g/mol. The van der Waals surface area contributed by atoms with Crippen LogP contribution < -0.4 is 0 Å². The Kier molecular flexibility index (Phi) is 7.83. The molecule has 1 atom stereocenters. The van der Waals surface area contributed by atoms with Crippen molar-refractivity contribution in [2.75, 3.05) is 0 Å².